The molecule has 1 unspecified atom stereocenters. The van der Waals surface area contributed by atoms with Gasteiger partial charge in [0.25, 0.3) is 0 Å². The van der Waals surface area contributed by atoms with Crippen molar-refractivity contribution < 1.29 is 17.9 Å². The second-order valence-corrected chi connectivity index (χ2v) is 5.59. The van der Waals surface area contributed by atoms with E-state index >= 15 is 0 Å². The molecule has 1 heterocycles. The first kappa shape index (κ1) is 15.9. The lowest BCUT2D eigenvalue weighted by Crippen LogP contribution is -2.36. The highest BCUT2D eigenvalue weighted by molar-refractivity contribution is 5.47. The van der Waals surface area contributed by atoms with Crippen LogP contribution in [0.15, 0.2) is 18.2 Å². The van der Waals surface area contributed by atoms with Crippen LogP contribution < -0.4 is 10.5 Å². The molecule has 1 fully saturated rings. The molecule has 1 aliphatic rings. The summed E-state index contributed by atoms with van der Waals surface area (Å²) in [4.78, 5) is 2.26. The molecule has 0 radical (unpaired) electrons. The topological polar surface area (TPSA) is 38.5 Å². The van der Waals surface area contributed by atoms with Crippen molar-refractivity contribution in [2.75, 3.05) is 18.9 Å². The fraction of sp³-hybridized carbons (Fsp3) is 0.600. The number of anilines is 1. The van der Waals surface area contributed by atoms with Gasteiger partial charge in [0.2, 0.25) is 0 Å². The molecule has 0 spiro atoms. The van der Waals surface area contributed by atoms with Gasteiger partial charge < -0.3 is 10.5 Å². The third-order valence-electron chi connectivity index (χ3n) is 3.79. The van der Waals surface area contributed by atoms with Crippen LogP contribution in [0.3, 0.4) is 0 Å². The molecule has 1 atom stereocenters. The maximum absolute atomic E-state index is 12.3. The van der Waals surface area contributed by atoms with Crippen LogP contribution in [0, 0.1) is 0 Å². The van der Waals surface area contributed by atoms with E-state index in [-0.39, 0.29) is 5.75 Å². The number of benzene rings is 1. The third kappa shape index (κ3) is 4.81. The molecule has 3 nitrogen and oxygen atoms in total. The Bertz CT molecular complexity index is 476. The van der Waals surface area contributed by atoms with Crippen LogP contribution in [0.1, 0.15) is 31.7 Å². The predicted octanol–water partition coefficient (Wildman–Crippen LogP) is 3.58. The van der Waals surface area contributed by atoms with Crippen molar-refractivity contribution >= 4 is 5.69 Å². The number of nitrogen functional groups attached to an aromatic ring is 1. The predicted molar refractivity (Wildman–Crippen MR) is 76.1 cm³/mol. The largest absolute Gasteiger partial charge is 0.484 e. The summed E-state index contributed by atoms with van der Waals surface area (Å²) < 4.78 is 41.9. The number of nitrogens with zero attached hydrogens (tertiary/aromatic N) is 1. The number of alkyl halides is 3. The van der Waals surface area contributed by atoms with Crippen LogP contribution in [-0.4, -0.2) is 30.3 Å². The number of piperidine rings is 1. The number of likely N-dealkylation sites (tertiary alicyclic amines) is 1. The molecule has 0 saturated carbocycles. The fourth-order valence-corrected chi connectivity index (χ4v) is 2.63. The van der Waals surface area contributed by atoms with Crippen molar-refractivity contribution in [1.82, 2.24) is 4.90 Å². The van der Waals surface area contributed by atoms with Crippen molar-refractivity contribution in [2.24, 2.45) is 0 Å². The summed E-state index contributed by atoms with van der Waals surface area (Å²) in [7, 11) is 0. The highest BCUT2D eigenvalue weighted by atomic mass is 19.4. The van der Waals surface area contributed by atoms with Crippen LogP contribution in [0.2, 0.25) is 0 Å². The van der Waals surface area contributed by atoms with Gasteiger partial charge in [-0.15, -0.1) is 0 Å². The zero-order valence-electron chi connectivity index (χ0n) is 12.1. The van der Waals surface area contributed by atoms with Gasteiger partial charge in [-0.25, -0.2) is 0 Å². The molecule has 1 aromatic carbocycles. The van der Waals surface area contributed by atoms with Gasteiger partial charge in [-0.1, -0.05) is 6.42 Å². The highest BCUT2D eigenvalue weighted by Crippen LogP contribution is 2.28. The van der Waals surface area contributed by atoms with Gasteiger partial charge in [0.05, 0.1) is 0 Å². The summed E-state index contributed by atoms with van der Waals surface area (Å²) in [5.41, 5.74) is 7.00. The highest BCUT2D eigenvalue weighted by Gasteiger charge is 2.29. The second-order valence-electron chi connectivity index (χ2n) is 5.59. The van der Waals surface area contributed by atoms with Crippen LogP contribution in [-0.2, 0) is 6.54 Å². The smallest absolute Gasteiger partial charge is 0.422 e. The van der Waals surface area contributed by atoms with Crippen LogP contribution in [0.25, 0.3) is 0 Å². The average Bonchev–Trinajstić information content (AvgIpc) is 2.39. The number of ether oxygens (including phenoxy) is 1. The molecule has 21 heavy (non-hydrogen) atoms. The van der Waals surface area contributed by atoms with E-state index < -0.39 is 12.8 Å². The van der Waals surface area contributed by atoms with E-state index in [1.165, 1.54) is 12.5 Å². The number of halogens is 3. The number of hydrogen-bond acceptors (Lipinski definition) is 3. The first-order chi connectivity index (χ1) is 9.85. The van der Waals surface area contributed by atoms with Crippen molar-refractivity contribution in [3.8, 4) is 5.75 Å². The van der Waals surface area contributed by atoms with Crippen LogP contribution >= 0.6 is 0 Å². The van der Waals surface area contributed by atoms with Gasteiger partial charge in [0, 0.05) is 23.8 Å². The summed E-state index contributed by atoms with van der Waals surface area (Å²) in [6.45, 7) is 2.38. The van der Waals surface area contributed by atoms with Gasteiger partial charge >= 0.3 is 6.18 Å². The fourth-order valence-electron chi connectivity index (χ4n) is 2.63. The first-order valence-electron chi connectivity index (χ1n) is 7.17. The molecule has 2 rings (SSSR count). The minimum atomic E-state index is -4.34. The van der Waals surface area contributed by atoms with E-state index in [9.17, 15) is 13.2 Å². The molecule has 0 aliphatic carbocycles. The Morgan fingerprint density at radius 1 is 1.33 bits per heavy atom. The maximum atomic E-state index is 12.3. The van der Waals surface area contributed by atoms with Gasteiger partial charge in [0.15, 0.2) is 6.61 Å². The average molecular weight is 302 g/mol. The summed E-state index contributed by atoms with van der Waals surface area (Å²) >= 11 is 0. The van der Waals surface area contributed by atoms with Gasteiger partial charge in [0.1, 0.15) is 5.75 Å². The van der Waals surface area contributed by atoms with Crippen LogP contribution in [0.4, 0.5) is 18.9 Å². The minimum Gasteiger partial charge on any atom is -0.484 e. The van der Waals surface area contributed by atoms with Crippen molar-refractivity contribution in [2.45, 2.75) is 44.9 Å². The minimum absolute atomic E-state index is 0.263. The Hall–Kier alpha value is -1.43. The molecule has 1 saturated heterocycles. The van der Waals surface area contributed by atoms with E-state index in [1.54, 1.807) is 12.1 Å². The Morgan fingerprint density at radius 2 is 2.10 bits per heavy atom. The van der Waals surface area contributed by atoms with Gasteiger partial charge in [-0.3, -0.25) is 4.90 Å². The number of nitrogens with two attached hydrogens (primary N) is 1. The zero-order chi connectivity index (χ0) is 15.5. The van der Waals surface area contributed by atoms with Crippen molar-refractivity contribution in [3.63, 3.8) is 0 Å². The van der Waals surface area contributed by atoms with Crippen LogP contribution in [0.5, 0.6) is 5.75 Å². The molecule has 2 N–H and O–H groups in total. The Labute approximate surface area is 122 Å². The lowest BCUT2D eigenvalue weighted by molar-refractivity contribution is -0.153. The zero-order valence-corrected chi connectivity index (χ0v) is 12.1. The van der Waals surface area contributed by atoms with E-state index in [0.717, 1.165) is 19.4 Å². The second kappa shape index (κ2) is 6.56. The Morgan fingerprint density at radius 3 is 2.76 bits per heavy atom. The van der Waals surface area contributed by atoms with Gasteiger partial charge in [-0.05, 0) is 44.5 Å². The monoisotopic (exact) mass is 302 g/mol. The molecule has 0 amide bonds. The molecular weight excluding hydrogens is 281 g/mol. The van der Waals surface area contributed by atoms with Crippen molar-refractivity contribution in [1.29, 1.82) is 0 Å². The molecule has 1 aliphatic heterocycles. The third-order valence-corrected chi connectivity index (χ3v) is 3.79. The number of rotatable bonds is 4. The summed E-state index contributed by atoms with van der Waals surface area (Å²) in [5, 5.41) is 0. The lowest BCUT2D eigenvalue weighted by Gasteiger charge is -2.33. The normalized spacial score (nSPS) is 20.5. The molecule has 1 aromatic rings. The standard InChI is InChI=1S/C15H21F3N2O/c1-11-4-2-3-7-20(11)9-12-8-13(19)5-6-14(12)21-10-15(16,17)18/h5-6,8,11H,2-4,7,9-10,19H2,1H3. The summed E-state index contributed by atoms with van der Waals surface area (Å²) in [6.07, 6.45) is -0.907. The Kier molecular flexibility index (Phi) is 4.98. The van der Waals surface area contributed by atoms with E-state index in [2.05, 4.69) is 11.8 Å². The summed E-state index contributed by atoms with van der Waals surface area (Å²) in [5.74, 6) is 0.263. The first-order valence-corrected chi connectivity index (χ1v) is 7.17. The van der Waals surface area contributed by atoms with E-state index in [1.807, 2.05) is 0 Å². The molecule has 118 valence electrons. The molecule has 6 heteroatoms. The van der Waals surface area contributed by atoms with E-state index in [4.69, 9.17) is 10.5 Å². The quantitative estimate of drug-likeness (QED) is 0.864. The lowest BCUT2D eigenvalue weighted by atomic mass is 10.0. The van der Waals surface area contributed by atoms with E-state index in [0.29, 0.717) is 23.8 Å². The molecular formula is C15H21F3N2O. The number of hydrogen-bond donors (Lipinski definition) is 1. The summed E-state index contributed by atoms with van der Waals surface area (Å²) in [6, 6.07) is 5.21. The molecule has 0 aromatic heterocycles. The SMILES string of the molecule is CC1CCCCN1Cc1cc(N)ccc1OCC(F)(F)F. The molecule has 0 bridgehead atoms. The van der Waals surface area contributed by atoms with Crippen molar-refractivity contribution in [3.05, 3.63) is 23.8 Å². The van der Waals surface area contributed by atoms with Gasteiger partial charge in [-0.2, -0.15) is 13.2 Å². The Balaban J connectivity index is 2.11. The maximum Gasteiger partial charge on any atom is 0.422 e.